The fourth-order valence-corrected chi connectivity index (χ4v) is 1.61. The van der Waals surface area contributed by atoms with Crippen molar-refractivity contribution in [1.29, 1.82) is 0 Å². The van der Waals surface area contributed by atoms with Crippen molar-refractivity contribution in [3.05, 3.63) is 42.5 Å². The molecule has 0 bridgehead atoms. The third-order valence-electron chi connectivity index (χ3n) is 2.63. The minimum atomic E-state index is -2.79. The quantitative estimate of drug-likeness (QED) is 0.715. The number of hydrogen-bond acceptors (Lipinski definition) is 2. The monoisotopic (exact) mass is 255 g/mol. The zero-order chi connectivity index (χ0) is 13.4. The van der Waals surface area contributed by atoms with Crippen LogP contribution in [0, 0.1) is 0 Å². The molecule has 2 nitrogen and oxygen atoms in total. The number of hydrogen-bond donors (Lipinski definition) is 1. The van der Waals surface area contributed by atoms with Gasteiger partial charge in [0.15, 0.2) is 0 Å². The Kier molecular flexibility index (Phi) is 6.36. The number of allylic oxidation sites excluding steroid dienone is 1. The van der Waals surface area contributed by atoms with Gasteiger partial charge in [0.05, 0.1) is 0 Å². The van der Waals surface area contributed by atoms with Gasteiger partial charge < -0.3 is 10.1 Å². The molecule has 0 saturated carbocycles. The Morgan fingerprint density at radius 2 is 2.11 bits per heavy atom. The van der Waals surface area contributed by atoms with Crippen molar-refractivity contribution in [1.82, 2.24) is 5.32 Å². The minimum Gasteiger partial charge on any atom is -0.434 e. The molecule has 0 fully saturated rings. The van der Waals surface area contributed by atoms with Crippen LogP contribution in [0.1, 0.15) is 25.3 Å². The second kappa shape index (κ2) is 7.82. The summed E-state index contributed by atoms with van der Waals surface area (Å²) in [7, 11) is 0. The second-order valence-corrected chi connectivity index (χ2v) is 4.13. The van der Waals surface area contributed by atoms with Gasteiger partial charge in [0.25, 0.3) is 0 Å². The molecule has 1 rings (SSSR count). The lowest BCUT2D eigenvalue weighted by atomic mass is 10.1. The lowest BCUT2D eigenvalue weighted by Gasteiger charge is -2.15. The molecule has 1 aromatic carbocycles. The van der Waals surface area contributed by atoms with Crippen LogP contribution in [-0.2, 0) is 6.54 Å². The van der Waals surface area contributed by atoms with Gasteiger partial charge >= 0.3 is 6.61 Å². The summed E-state index contributed by atoms with van der Waals surface area (Å²) in [6.45, 7) is 3.45. The van der Waals surface area contributed by atoms with Crippen molar-refractivity contribution in [3.63, 3.8) is 0 Å². The maximum absolute atomic E-state index is 12.2. The molecule has 0 saturated heterocycles. The summed E-state index contributed by atoms with van der Waals surface area (Å²) in [4.78, 5) is 0. The van der Waals surface area contributed by atoms with E-state index >= 15 is 0 Å². The van der Waals surface area contributed by atoms with Crippen molar-refractivity contribution in [2.24, 2.45) is 0 Å². The summed E-state index contributed by atoms with van der Waals surface area (Å²) in [5, 5.41) is 3.27. The van der Waals surface area contributed by atoms with Crippen molar-refractivity contribution in [2.45, 2.75) is 39.0 Å². The molecular formula is C14H19F2NO. The Hall–Kier alpha value is -1.42. The van der Waals surface area contributed by atoms with Gasteiger partial charge in [-0.3, -0.25) is 0 Å². The topological polar surface area (TPSA) is 21.3 Å². The van der Waals surface area contributed by atoms with Crippen LogP contribution in [0.5, 0.6) is 5.75 Å². The highest BCUT2D eigenvalue weighted by atomic mass is 19.3. The van der Waals surface area contributed by atoms with Gasteiger partial charge in [-0.1, -0.05) is 24.3 Å². The van der Waals surface area contributed by atoms with Crippen molar-refractivity contribution >= 4 is 0 Å². The summed E-state index contributed by atoms with van der Waals surface area (Å²) in [5.74, 6) is 0.232. The van der Waals surface area contributed by atoms with E-state index in [0.717, 1.165) is 18.4 Å². The number of nitrogens with one attached hydrogen (secondary N) is 1. The maximum Gasteiger partial charge on any atom is 0.387 e. The summed E-state index contributed by atoms with van der Waals surface area (Å²) in [6, 6.07) is 7.14. The van der Waals surface area contributed by atoms with E-state index in [1.54, 1.807) is 18.2 Å². The third kappa shape index (κ3) is 5.27. The van der Waals surface area contributed by atoms with Crippen molar-refractivity contribution < 1.29 is 13.5 Å². The Morgan fingerprint density at radius 1 is 1.39 bits per heavy atom. The van der Waals surface area contributed by atoms with E-state index in [2.05, 4.69) is 23.6 Å². The molecule has 100 valence electrons. The molecule has 0 spiro atoms. The van der Waals surface area contributed by atoms with Gasteiger partial charge in [0.2, 0.25) is 0 Å². The van der Waals surface area contributed by atoms with E-state index < -0.39 is 6.61 Å². The van der Waals surface area contributed by atoms with Gasteiger partial charge in [-0.15, -0.1) is 6.58 Å². The summed E-state index contributed by atoms with van der Waals surface area (Å²) in [6.07, 6.45) is 3.77. The molecule has 0 amide bonds. The highest BCUT2D eigenvalue weighted by Gasteiger charge is 2.09. The summed E-state index contributed by atoms with van der Waals surface area (Å²) in [5.41, 5.74) is 0.739. The molecule has 0 heterocycles. The van der Waals surface area contributed by atoms with Gasteiger partial charge in [0.1, 0.15) is 5.75 Å². The fraction of sp³-hybridized carbons (Fsp3) is 0.429. The maximum atomic E-state index is 12.2. The molecule has 0 radical (unpaired) electrons. The van der Waals surface area contributed by atoms with Gasteiger partial charge in [-0.25, -0.2) is 0 Å². The van der Waals surface area contributed by atoms with Crippen LogP contribution in [0.2, 0.25) is 0 Å². The average Bonchev–Trinajstić information content (AvgIpc) is 2.34. The molecule has 18 heavy (non-hydrogen) atoms. The first-order chi connectivity index (χ1) is 8.63. The minimum absolute atomic E-state index is 0.232. The zero-order valence-electron chi connectivity index (χ0n) is 10.5. The summed E-state index contributed by atoms with van der Waals surface area (Å²) < 4.78 is 28.9. The van der Waals surface area contributed by atoms with E-state index in [1.165, 1.54) is 0 Å². The first-order valence-corrected chi connectivity index (χ1v) is 6.00. The summed E-state index contributed by atoms with van der Waals surface area (Å²) >= 11 is 0. The largest absolute Gasteiger partial charge is 0.434 e. The third-order valence-corrected chi connectivity index (χ3v) is 2.63. The predicted molar refractivity (Wildman–Crippen MR) is 68.8 cm³/mol. The second-order valence-electron chi connectivity index (χ2n) is 4.13. The molecule has 1 unspecified atom stereocenters. The standard InChI is InChI=1S/C14H19F2NO/c1-3-4-7-11(2)17-10-12-8-5-6-9-13(12)18-14(15)16/h3,5-6,8-9,11,14,17H,1,4,7,10H2,2H3. The number of halogens is 2. The number of para-hydroxylation sites is 1. The molecule has 1 N–H and O–H groups in total. The Bertz CT molecular complexity index is 369. The Morgan fingerprint density at radius 3 is 2.78 bits per heavy atom. The normalized spacial score (nSPS) is 12.4. The fourth-order valence-electron chi connectivity index (χ4n) is 1.61. The molecular weight excluding hydrogens is 236 g/mol. The van der Waals surface area contributed by atoms with Crippen LogP contribution < -0.4 is 10.1 Å². The molecule has 1 aromatic rings. The van der Waals surface area contributed by atoms with E-state index in [4.69, 9.17) is 0 Å². The van der Waals surface area contributed by atoms with Crippen molar-refractivity contribution in [2.75, 3.05) is 0 Å². The Balaban J connectivity index is 2.52. The van der Waals surface area contributed by atoms with Crippen LogP contribution in [0.3, 0.4) is 0 Å². The first kappa shape index (κ1) is 14.6. The predicted octanol–water partition coefficient (Wildman–Crippen LogP) is 3.73. The van der Waals surface area contributed by atoms with Gasteiger partial charge in [0, 0.05) is 18.2 Å². The zero-order valence-corrected chi connectivity index (χ0v) is 10.5. The number of ether oxygens (including phenoxy) is 1. The first-order valence-electron chi connectivity index (χ1n) is 6.00. The van der Waals surface area contributed by atoms with E-state index in [-0.39, 0.29) is 5.75 Å². The van der Waals surface area contributed by atoms with E-state index in [9.17, 15) is 8.78 Å². The number of alkyl halides is 2. The lowest BCUT2D eigenvalue weighted by Crippen LogP contribution is -2.25. The highest BCUT2D eigenvalue weighted by Crippen LogP contribution is 2.20. The van der Waals surface area contributed by atoms with E-state index in [1.807, 2.05) is 12.1 Å². The molecule has 0 aliphatic heterocycles. The average molecular weight is 255 g/mol. The van der Waals surface area contributed by atoms with Crippen LogP contribution in [0.15, 0.2) is 36.9 Å². The molecule has 0 aliphatic rings. The van der Waals surface area contributed by atoms with Crippen LogP contribution in [-0.4, -0.2) is 12.7 Å². The van der Waals surface area contributed by atoms with E-state index in [0.29, 0.717) is 12.6 Å². The molecule has 1 atom stereocenters. The molecule has 4 heteroatoms. The van der Waals surface area contributed by atoms with Crippen LogP contribution in [0.25, 0.3) is 0 Å². The molecule has 0 aliphatic carbocycles. The Labute approximate surface area is 107 Å². The number of benzene rings is 1. The van der Waals surface area contributed by atoms with Crippen molar-refractivity contribution in [3.8, 4) is 5.75 Å². The number of rotatable bonds is 8. The highest BCUT2D eigenvalue weighted by molar-refractivity contribution is 5.33. The van der Waals surface area contributed by atoms with Crippen LogP contribution >= 0.6 is 0 Å². The smallest absolute Gasteiger partial charge is 0.387 e. The molecule has 0 aromatic heterocycles. The van der Waals surface area contributed by atoms with Gasteiger partial charge in [-0.05, 0) is 25.8 Å². The lowest BCUT2D eigenvalue weighted by molar-refractivity contribution is -0.0505. The van der Waals surface area contributed by atoms with Crippen LogP contribution in [0.4, 0.5) is 8.78 Å². The van der Waals surface area contributed by atoms with Gasteiger partial charge in [-0.2, -0.15) is 8.78 Å². The SMILES string of the molecule is C=CCCC(C)NCc1ccccc1OC(F)F.